The highest BCUT2D eigenvalue weighted by molar-refractivity contribution is 5.96. The molecular weight excluding hydrogens is 361 g/mol. The minimum Gasteiger partial charge on any atom is -0.355 e. The van der Waals surface area contributed by atoms with Gasteiger partial charge in [-0.15, -0.1) is 10.2 Å². The summed E-state index contributed by atoms with van der Waals surface area (Å²) in [5.74, 6) is -0.0801. The molecule has 0 saturated carbocycles. The van der Waals surface area contributed by atoms with E-state index in [1.807, 2.05) is 0 Å². The molecule has 0 bridgehead atoms. The molecule has 0 radical (unpaired) electrons. The summed E-state index contributed by atoms with van der Waals surface area (Å²) in [5, 5.41) is 17.2. The van der Waals surface area contributed by atoms with Crippen molar-refractivity contribution in [2.45, 2.75) is 6.18 Å². The maximum absolute atomic E-state index is 12.9. The van der Waals surface area contributed by atoms with Crippen molar-refractivity contribution >= 4 is 17.3 Å². The van der Waals surface area contributed by atoms with Gasteiger partial charge in [-0.1, -0.05) is 6.07 Å². The third-order valence-electron chi connectivity index (χ3n) is 3.73. The van der Waals surface area contributed by atoms with Gasteiger partial charge in [0, 0.05) is 29.5 Å². The van der Waals surface area contributed by atoms with Gasteiger partial charge in [0.1, 0.15) is 0 Å². The summed E-state index contributed by atoms with van der Waals surface area (Å²) in [6, 6.07) is 9.49. The van der Waals surface area contributed by atoms with Crippen molar-refractivity contribution in [3.63, 3.8) is 0 Å². The molecule has 0 saturated heterocycles. The van der Waals surface area contributed by atoms with Crippen molar-refractivity contribution in [1.29, 1.82) is 0 Å². The van der Waals surface area contributed by atoms with Crippen LogP contribution in [0.3, 0.4) is 0 Å². The summed E-state index contributed by atoms with van der Waals surface area (Å²) < 4.78 is 38.8. The normalized spacial score (nSPS) is 11.3. The summed E-state index contributed by atoms with van der Waals surface area (Å²) in [7, 11) is 3.08. The molecule has 2 N–H and O–H groups in total. The number of nitrogens with one attached hydrogen (secondary N) is 2. The minimum atomic E-state index is -4.45. The van der Waals surface area contributed by atoms with Gasteiger partial charge in [-0.2, -0.15) is 18.0 Å². The number of aryl methyl sites for hydroxylation is 1. The first kappa shape index (κ1) is 18.4. The van der Waals surface area contributed by atoms with E-state index in [2.05, 4.69) is 26.0 Å². The molecule has 0 aliphatic carbocycles. The van der Waals surface area contributed by atoms with Crippen molar-refractivity contribution in [2.75, 3.05) is 12.4 Å². The maximum atomic E-state index is 12.9. The number of nitrogens with zero attached hydrogens (tertiary/aromatic N) is 4. The highest BCUT2D eigenvalue weighted by atomic mass is 19.4. The zero-order chi connectivity index (χ0) is 19.6. The first-order valence-corrected chi connectivity index (χ1v) is 7.82. The summed E-state index contributed by atoms with van der Waals surface area (Å²) in [6.45, 7) is 0. The molecule has 10 heteroatoms. The Morgan fingerprint density at radius 2 is 1.93 bits per heavy atom. The van der Waals surface area contributed by atoms with E-state index >= 15 is 0 Å². The number of carbonyl (C=O) groups excluding carboxylic acids is 1. The van der Waals surface area contributed by atoms with E-state index in [9.17, 15) is 18.0 Å². The number of hydrogen-bond donors (Lipinski definition) is 2. The highest BCUT2D eigenvalue weighted by Gasteiger charge is 2.30. The summed E-state index contributed by atoms with van der Waals surface area (Å²) in [6.07, 6.45) is -4.45. The molecular formula is C17H15F3N6O. The lowest BCUT2D eigenvalue weighted by Gasteiger charge is -2.13. The Labute approximate surface area is 152 Å². The Balaban J connectivity index is 2.03. The number of alkyl halides is 3. The molecule has 3 rings (SSSR count). The zero-order valence-corrected chi connectivity index (χ0v) is 14.4. The SMILES string of the molecule is CNC(=O)c1ccc(Nc2cccc(C(F)(F)F)c2)c(-c2nnn(C)n2)c1. The summed E-state index contributed by atoms with van der Waals surface area (Å²) in [5.41, 5.74) is 0.697. The number of tetrazole rings is 1. The molecule has 27 heavy (non-hydrogen) atoms. The molecule has 1 amide bonds. The zero-order valence-electron chi connectivity index (χ0n) is 14.4. The fourth-order valence-electron chi connectivity index (χ4n) is 2.44. The lowest BCUT2D eigenvalue weighted by atomic mass is 10.1. The molecule has 140 valence electrons. The van der Waals surface area contributed by atoms with Crippen LogP contribution < -0.4 is 10.6 Å². The van der Waals surface area contributed by atoms with E-state index in [1.165, 1.54) is 24.0 Å². The van der Waals surface area contributed by atoms with Crippen LogP contribution in [0.4, 0.5) is 24.5 Å². The Bertz CT molecular complexity index is 983. The predicted octanol–water partition coefficient (Wildman–Crippen LogP) is 3.00. The van der Waals surface area contributed by atoms with Crippen LogP contribution >= 0.6 is 0 Å². The number of aromatic nitrogens is 4. The number of anilines is 2. The smallest absolute Gasteiger partial charge is 0.355 e. The second-order valence-corrected chi connectivity index (χ2v) is 5.65. The number of carbonyl (C=O) groups is 1. The van der Waals surface area contributed by atoms with E-state index in [4.69, 9.17) is 0 Å². The fraction of sp³-hybridized carbons (Fsp3) is 0.176. The van der Waals surface area contributed by atoms with E-state index in [1.54, 1.807) is 25.2 Å². The van der Waals surface area contributed by atoms with Crippen LogP contribution in [0.5, 0.6) is 0 Å². The van der Waals surface area contributed by atoms with Crippen LogP contribution in [0.2, 0.25) is 0 Å². The lowest BCUT2D eigenvalue weighted by Crippen LogP contribution is -2.17. The number of benzene rings is 2. The average molecular weight is 376 g/mol. The fourth-order valence-corrected chi connectivity index (χ4v) is 2.44. The molecule has 1 aromatic heterocycles. The van der Waals surface area contributed by atoms with Crippen molar-refractivity contribution in [1.82, 2.24) is 25.5 Å². The van der Waals surface area contributed by atoms with Gasteiger partial charge >= 0.3 is 6.18 Å². The van der Waals surface area contributed by atoms with Crippen LogP contribution in [0, 0.1) is 0 Å². The van der Waals surface area contributed by atoms with E-state index in [-0.39, 0.29) is 17.4 Å². The largest absolute Gasteiger partial charge is 0.416 e. The highest BCUT2D eigenvalue weighted by Crippen LogP contribution is 2.33. The molecule has 0 aliphatic heterocycles. The van der Waals surface area contributed by atoms with Gasteiger partial charge in [0.05, 0.1) is 12.6 Å². The van der Waals surface area contributed by atoms with Gasteiger partial charge in [-0.25, -0.2) is 0 Å². The quantitative estimate of drug-likeness (QED) is 0.731. The van der Waals surface area contributed by atoms with Gasteiger partial charge in [0.25, 0.3) is 5.91 Å². The van der Waals surface area contributed by atoms with Crippen molar-refractivity contribution < 1.29 is 18.0 Å². The van der Waals surface area contributed by atoms with E-state index in [0.29, 0.717) is 16.8 Å². The molecule has 3 aromatic rings. The first-order valence-electron chi connectivity index (χ1n) is 7.82. The first-order chi connectivity index (χ1) is 12.8. The van der Waals surface area contributed by atoms with Crippen molar-refractivity contribution in [3.8, 4) is 11.4 Å². The molecule has 2 aromatic carbocycles. The van der Waals surface area contributed by atoms with E-state index in [0.717, 1.165) is 12.1 Å². The van der Waals surface area contributed by atoms with Gasteiger partial charge in [0.2, 0.25) is 5.82 Å². The molecule has 0 aliphatic rings. The van der Waals surface area contributed by atoms with Gasteiger partial charge in [-0.3, -0.25) is 4.79 Å². The Hall–Kier alpha value is -3.43. The van der Waals surface area contributed by atoms with Crippen LogP contribution in [0.1, 0.15) is 15.9 Å². The summed E-state index contributed by atoms with van der Waals surface area (Å²) in [4.78, 5) is 13.2. The molecule has 0 fully saturated rings. The number of amides is 1. The Kier molecular flexibility index (Phi) is 4.80. The second kappa shape index (κ2) is 7.06. The van der Waals surface area contributed by atoms with E-state index < -0.39 is 11.7 Å². The average Bonchev–Trinajstić information content (AvgIpc) is 3.07. The third kappa shape index (κ3) is 4.05. The summed E-state index contributed by atoms with van der Waals surface area (Å²) >= 11 is 0. The number of halogens is 3. The van der Waals surface area contributed by atoms with Crippen molar-refractivity contribution in [3.05, 3.63) is 53.6 Å². The minimum absolute atomic E-state index is 0.234. The molecule has 0 spiro atoms. The second-order valence-electron chi connectivity index (χ2n) is 5.65. The predicted molar refractivity (Wildman–Crippen MR) is 92.4 cm³/mol. The van der Waals surface area contributed by atoms with Crippen LogP contribution in [-0.2, 0) is 13.2 Å². The van der Waals surface area contributed by atoms with Gasteiger partial charge in [-0.05, 0) is 41.6 Å². The van der Waals surface area contributed by atoms with Crippen LogP contribution in [-0.4, -0.2) is 33.2 Å². The van der Waals surface area contributed by atoms with Crippen molar-refractivity contribution in [2.24, 2.45) is 7.05 Å². The molecule has 0 atom stereocenters. The monoisotopic (exact) mass is 376 g/mol. The standard InChI is InChI=1S/C17H15F3N6O/c1-21-16(27)10-6-7-14(13(8-10)15-23-25-26(2)24-15)22-12-5-3-4-11(9-12)17(18,19)20/h3-9,22H,1-2H3,(H,21,27). The molecule has 7 nitrogen and oxygen atoms in total. The number of rotatable bonds is 4. The Morgan fingerprint density at radius 1 is 1.15 bits per heavy atom. The third-order valence-corrected chi connectivity index (χ3v) is 3.73. The topological polar surface area (TPSA) is 84.7 Å². The van der Waals surface area contributed by atoms with Crippen LogP contribution in [0.15, 0.2) is 42.5 Å². The molecule has 0 unspecified atom stereocenters. The molecule has 1 heterocycles. The van der Waals surface area contributed by atoms with Gasteiger partial charge < -0.3 is 10.6 Å². The Morgan fingerprint density at radius 3 is 2.56 bits per heavy atom. The van der Waals surface area contributed by atoms with Crippen LogP contribution in [0.25, 0.3) is 11.4 Å². The van der Waals surface area contributed by atoms with Gasteiger partial charge in [0.15, 0.2) is 0 Å². The lowest BCUT2D eigenvalue weighted by molar-refractivity contribution is -0.137. The number of hydrogen-bond acceptors (Lipinski definition) is 5. The maximum Gasteiger partial charge on any atom is 0.416 e.